The van der Waals surface area contributed by atoms with Crippen molar-refractivity contribution in [1.82, 2.24) is 9.94 Å². The molecule has 0 aliphatic rings. The van der Waals surface area contributed by atoms with Crippen LogP contribution in [0.5, 0.6) is 0 Å². The molecule has 0 saturated carbocycles. The zero-order chi connectivity index (χ0) is 10.2. The fourth-order valence-electron chi connectivity index (χ4n) is 0.693. The number of nitrogen functional groups attached to an aromatic ring is 1. The lowest BCUT2D eigenvalue weighted by molar-refractivity contribution is -0.392. The van der Waals surface area contributed by atoms with E-state index in [-0.39, 0.29) is 0 Å². The second-order valence-electron chi connectivity index (χ2n) is 1.95. The van der Waals surface area contributed by atoms with Gasteiger partial charge in [-0.3, -0.25) is 0 Å². The van der Waals surface area contributed by atoms with Gasteiger partial charge in [0.05, 0.1) is 0 Å². The van der Waals surface area contributed by atoms with Crippen LogP contribution in [-0.4, -0.2) is 19.8 Å². The van der Waals surface area contributed by atoms with Gasteiger partial charge < -0.3 is 31.2 Å². The SMILES string of the molecule is Nc1c([N+](=O)[O-])nn([O-])c1[N+](=O)[O-]. The van der Waals surface area contributed by atoms with Crippen LogP contribution in [0.25, 0.3) is 0 Å². The Balaban J connectivity index is 3.39. The molecule has 70 valence electrons. The van der Waals surface area contributed by atoms with Crippen molar-refractivity contribution in [2.45, 2.75) is 0 Å². The van der Waals surface area contributed by atoms with Crippen LogP contribution in [0.3, 0.4) is 0 Å². The van der Waals surface area contributed by atoms with Gasteiger partial charge in [0.1, 0.15) is 0 Å². The Labute approximate surface area is 69.4 Å². The Morgan fingerprint density at radius 3 is 2.08 bits per heavy atom. The summed E-state index contributed by atoms with van der Waals surface area (Å²) < 4.78 is 0. The van der Waals surface area contributed by atoms with Crippen molar-refractivity contribution in [3.05, 3.63) is 25.4 Å². The summed E-state index contributed by atoms with van der Waals surface area (Å²) in [6, 6.07) is 0. The van der Waals surface area contributed by atoms with Gasteiger partial charge in [0.2, 0.25) is 5.69 Å². The summed E-state index contributed by atoms with van der Waals surface area (Å²) in [6.07, 6.45) is 0. The molecule has 0 atom stereocenters. The van der Waals surface area contributed by atoms with E-state index in [1.807, 2.05) is 0 Å². The molecule has 0 spiro atoms. The van der Waals surface area contributed by atoms with E-state index in [0.29, 0.717) is 0 Å². The predicted octanol–water partition coefficient (Wildman–Crippen LogP) is -0.372. The van der Waals surface area contributed by atoms with E-state index in [1.165, 1.54) is 0 Å². The largest absolute Gasteiger partial charge is 0.672 e. The lowest BCUT2D eigenvalue weighted by Crippen LogP contribution is -1.99. The molecule has 0 saturated heterocycles. The monoisotopic (exact) mass is 188 g/mol. The number of aromatic nitrogens is 2. The van der Waals surface area contributed by atoms with Crippen LogP contribution in [0.2, 0.25) is 0 Å². The predicted molar refractivity (Wildman–Crippen MR) is 38.7 cm³/mol. The number of hydrogen-bond acceptors (Lipinski definition) is 7. The molecule has 0 aliphatic heterocycles. The highest BCUT2D eigenvalue weighted by atomic mass is 16.6. The minimum atomic E-state index is -1.14. The fraction of sp³-hybridized carbons (Fsp3) is 0. The Morgan fingerprint density at radius 1 is 1.31 bits per heavy atom. The molecule has 1 heterocycles. The molecule has 0 amide bonds. The molecule has 0 bridgehead atoms. The molecular formula is C3H2N5O5-. The van der Waals surface area contributed by atoms with Crippen LogP contribution < -0.4 is 5.73 Å². The summed E-state index contributed by atoms with van der Waals surface area (Å²) in [4.78, 5) is 17.5. The minimum absolute atomic E-state index is 0.493. The van der Waals surface area contributed by atoms with Crippen LogP contribution in [-0.2, 0) is 0 Å². The number of nitrogens with zero attached hydrogens (tertiary/aromatic N) is 4. The Bertz CT molecular complexity index is 382. The average Bonchev–Trinajstić information content (AvgIpc) is 2.26. The maximum atomic E-state index is 10.6. The standard InChI is InChI=1S/C3H2N5O5/c4-1-2(7(10)11)5-6(9)3(1)8(12)13/h4H2/q-1. The first-order valence-corrected chi connectivity index (χ1v) is 2.80. The zero-order valence-electron chi connectivity index (χ0n) is 5.91. The average molecular weight is 188 g/mol. The number of anilines is 1. The maximum absolute atomic E-state index is 10.6. The molecule has 0 radical (unpaired) electrons. The molecule has 0 fully saturated rings. The zero-order valence-corrected chi connectivity index (χ0v) is 5.91. The molecule has 1 aromatic rings. The van der Waals surface area contributed by atoms with Gasteiger partial charge in [-0.25, -0.2) is 0 Å². The van der Waals surface area contributed by atoms with Gasteiger partial charge in [-0.2, -0.15) is 0 Å². The fourth-order valence-corrected chi connectivity index (χ4v) is 0.693. The minimum Gasteiger partial charge on any atom is -0.672 e. The highest BCUT2D eigenvalue weighted by Gasteiger charge is 2.31. The molecular weight excluding hydrogens is 186 g/mol. The van der Waals surface area contributed by atoms with E-state index in [0.717, 1.165) is 0 Å². The van der Waals surface area contributed by atoms with E-state index >= 15 is 0 Å². The number of nitro groups is 2. The highest BCUT2D eigenvalue weighted by molar-refractivity contribution is 5.65. The van der Waals surface area contributed by atoms with E-state index in [1.54, 1.807) is 0 Å². The smallest absolute Gasteiger partial charge is 0.444 e. The van der Waals surface area contributed by atoms with Crippen LogP contribution in [0.1, 0.15) is 0 Å². The first-order chi connectivity index (χ1) is 5.95. The van der Waals surface area contributed by atoms with Crippen LogP contribution >= 0.6 is 0 Å². The summed E-state index contributed by atoms with van der Waals surface area (Å²) in [6.45, 7) is 0. The van der Waals surface area contributed by atoms with Crippen molar-refractivity contribution in [2.24, 2.45) is 0 Å². The van der Waals surface area contributed by atoms with Gasteiger partial charge in [0.25, 0.3) is 0 Å². The molecule has 2 N–H and O–H groups in total. The summed E-state index contributed by atoms with van der Waals surface area (Å²) in [5.74, 6) is -2.14. The Kier molecular flexibility index (Phi) is 1.73. The summed E-state index contributed by atoms with van der Waals surface area (Å²) >= 11 is 0. The van der Waals surface area contributed by atoms with Gasteiger partial charge in [0, 0.05) is 0 Å². The van der Waals surface area contributed by atoms with Crippen molar-refractivity contribution < 1.29 is 9.85 Å². The quantitative estimate of drug-likeness (QED) is 0.490. The molecule has 10 heteroatoms. The van der Waals surface area contributed by atoms with Gasteiger partial charge >= 0.3 is 11.6 Å². The summed E-state index contributed by atoms with van der Waals surface area (Å²) in [7, 11) is 0. The van der Waals surface area contributed by atoms with Gasteiger partial charge in [-0.15, -0.1) is 0 Å². The Hall–Kier alpha value is -2.39. The summed E-state index contributed by atoms with van der Waals surface area (Å²) in [5.41, 5.74) is 4.10. The molecule has 0 unspecified atom stereocenters. The number of nitrogens with two attached hydrogens (primary N) is 1. The topological polar surface area (TPSA) is 153 Å². The molecule has 1 rings (SSSR count). The number of rotatable bonds is 2. The molecule has 10 nitrogen and oxygen atoms in total. The van der Waals surface area contributed by atoms with Crippen LogP contribution in [0.15, 0.2) is 0 Å². The van der Waals surface area contributed by atoms with Crippen molar-refractivity contribution in [1.29, 1.82) is 0 Å². The van der Waals surface area contributed by atoms with E-state index < -0.39 is 32.0 Å². The highest BCUT2D eigenvalue weighted by Crippen LogP contribution is 2.29. The van der Waals surface area contributed by atoms with Gasteiger partial charge in [-0.05, 0) is 14.7 Å². The van der Waals surface area contributed by atoms with Gasteiger partial charge in [-0.1, -0.05) is 0 Å². The van der Waals surface area contributed by atoms with Crippen molar-refractivity contribution in [3.8, 4) is 0 Å². The van der Waals surface area contributed by atoms with E-state index in [4.69, 9.17) is 5.73 Å². The van der Waals surface area contributed by atoms with Crippen molar-refractivity contribution in [3.63, 3.8) is 0 Å². The van der Waals surface area contributed by atoms with Crippen molar-refractivity contribution in [2.75, 3.05) is 5.73 Å². The van der Waals surface area contributed by atoms with Gasteiger partial charge in [0.15, 0.2) is 5.10 Å². The van der Waals surface area contributed by atoms with E-state index in [2.05, 4.69) is 5.10 Å². The first-order valence-electron chi connectivity index (χ1n) is 2.80. The third-order valence-electron chi connectivity index (χ3n) is 1.19. The summed E-state index contributed by atoms with van der Waals surface area (Å²) in [5, 5.41) is 33.5. The van der Waals surface area contributed by atoms with Crippen molar-refractivity contribution >= 4 is 17.3 Å². The lowest BCUT2D eigenvalue weighted by atomic mass is 10.5. The molecule has 13 heavy (non-hydrogen) atoms. The normalized spacial score (nSPS) is 9.85. The molecule has 0 aromatic carbocycles. The Morgan fingerprint density at radius 2 is 1.85 bits per heavy atom. The van der Waals surface area contributed by atoms with Crippen LogP contribution in [0, 0.1) is 25.4 Å². The number of hydrogen-bond donors (Lipinski definition) is 1. The third kappa shape index (κ3) is 1.19. The molecule has 0 aliphatic carbocycles. The first kappa shape index (κ1) is 8.70. The maximum Gasteiger partial charge on any atom is 0.444 e. The molecule has 1 aromatic heterocycles. The second kappa shape index (κ2) is 2.58. The van der Waals surface area contributed by atoms with Crippen LogP contribution in [0.4, 0.5) is 17.3 Å². The van der Waals surface area contributed by atoms with E-state index in [9.17, 15) is 25.4 Å². The third-order valence-corrected chi connectivity index (χ3v) is 1.19. The second-order valence-corrected chi connectivity index (χ2v) is 1.95. The lowest BCUT2D eigenvalue weighted by Gasteiger charge is -1.93.